The number of anilines is 1. The third-order valence-corrected chi connectivity index (χ3v) is 8.87. The second-order valence-corrected chi connectivity index (χ2v) is 11.7. The number of hydrogen-bond donors (Lipinski definition) is 0. The van der Waals surface area contributed by atoms with E-state index in [2.05, 4.69) is 0 Å². The molecule has 2 aromatic carbocycles. The molecule has 0 saturated carbocycles. The van der Waals surface area contributed by atoms with Gasteiger partial charge >= 0.3 is 0 Å². The van der Waals surface area contributed by atoms with E-state index in [1.54, 1.807) is 12.1 Å². The maximum Gasteiger partial charge on any atom is 0.258 e. The molecule has 0 unspecified atom stereocenters. The number of benzene rings is 2. The number of carbonyl (C=O) groups excluding carboxylic acids is 1. The number of hydrogen-bond acceptors (Lipinski definition) is 5. The molecule has 0 spiro atoms. The zero-order valence-corrected chi connectivity index (χ0v) is 18.8. The summed E-state index contributed by atoms with van der Waals surface area (Å²) in [6.07, 6.45) is 3.21. The molecule has 4 rings (SSSR count). The number of nitrogens with zero attached hydrogens (tertiary/aromatic N) is 2. The van der Waals surface area contributed by atoms with Gasteiger partial charge in [0.1, 0.15) is 0 Å². The minimum absolute atomic E-state index is 0.149. The summed E-state index contributed by atoms with van der Waals surface area (Å²) in [5.41, 5.74) is 1.89. The molecule has 164 valence electrons. The Morgan fingerprint density at radius 1 is 1.00 bits per heavy atom. The lowest BCUT2D eigenvalue weighted by atomic mass is 10.1. The second kappa shape index (κ2) is 8.22. The number of carbonyl (C=O) groups is 1. The van der Waals surface area contributed by atoms with Crippen molar-refractivity contribution in [2.45, 2.75) is 30.7 Å². The Labute approximate surface area is 183 Å². The van der Waals surface area contributed by atoms with E-state index < -0.39 is 25.9 Å². The molecule has 0 radical (unpaired) electrons. The topological polar surface area (TPSA) is 91.8 Å². The fraction of sp³-hybridized carbons (Fsp3) is 0.318. The lowest BCUT2D eigenvalue weighted by molar-refractivity contribution is 0.0983. The minimum atomic E-state index is -3.57. The first-order chi connectivity index (χ1) is 14.7. The summed E-state index contributed by atoms with van der Waals surface area (Å²) >= 11 is 0. The Balaban J connectivity index is 1.65. The highest BCUT2D eigenvalue weighted by atomic mass is 32.2. The van der Waals surface area contributed by atoms with Gasteiger partial charge < -0.3 is 4.90 Å². The normalized spacial score (nSPS) is 20.7. The zero-order chi connectivity index (χ0) is 22.2. The first kappa shape index (κ1) is 21.7. The number of amides is 1. The molecule has 0 aliphatic carbocycles. The van der Waals surface area contributed by atoms with Crippen LogP contribution in [0.5, 0.6) is 0 Å². The maximum absolute atomic E-state index is 13.4. The van der Waals surface area contributed by atoms with Crippen LogP contribution in [0.3, 0.4) is 0 Å². The van der Waals surface area contributed by atoms with E-state index in [4.69, 9.17) is 0 Å². The average Bonchev–Trinajstić information content (AvgIpc) is 3.40. The van der Waals surface area contributed by atoms with E-state index in [0.29, 0.717) is 24.3 Å². The van der Waals surface area contributed by atoms with Crippen LogP contribution in [0.15, 0.2) is 64.9 Å². The van der Waals surface area contributed by atoms with Crippen molar-refractivity contribution in [3.63, 3.8) is 0 Å². The highest BCUT2D eigenvalue weighted by molar-refractivity contribution is 7.94. The summed E-state index contributed by atoms with van der Waals surface area (Å²) in [5, 5.41) is 1.14. The quantitative estimate of drug-likeness (QED) is 0.684. The lowest BCUT2D eigenvalue weighted by Crippen LogP contribution is -2.41. The Morgan fingerprint density at radius 2 is 1.61 bits per heavy atom. The van der Waals surface area contributed by atoms with Gasteiger partial charge in [0, 0.05) is 29.7 Å². The molecule has 1 fully saturated rings. The highest BCUT2D eigenvalue weighted by Gasteiger charge is 2.32. The third kappa shape index (κ3) is 4.44. The van der Waals surface area contributed by atoms with E-state index in [9.17, 15) is 21.6 Å². The molecule has 7 nitrogen and oxygen atoms in total. The SMILES string of the molecule is Cc1ccc(N(C(=O)c2ccc(S(=O)(=O)N3CCCC3)cc2)[C@@H]2C=CS(=O)(=O)C2)cc1. The monoisotopic (exact) mass is 460 g/mol. The van der Waals surface area contributed by atoms with Crippen molar-refractivity contribution < 1.29 is 21.6 Å². The molecule has 2 aliphatic heterocycles. The molecule has 2 aliphatic rings. The number of sulfone groups is 1. The molecule has 1 atom stereocenters. The zero-order valence-electron chi connectivity index (χ0n) is 17.1. The molecule has 1 saturated heterocycles. The van der Waals surface area contributed by atoms with Crippen LogP contribution in [0.1, 0.15) is 28.8 Å². The van der Waals surface area contributed by atoms with Gasteiger partial charge in [0.05, 0.1) is 16.7 Å². The van der Waals surface area contributed by atoms with Crippen LogP contribution in [0.25, 0.3) is 0 Å². The number of aryl methyl sites for hydroxylation is 1. The average molecular weight is 461 g/mol. The van der Waals surface area contributed by atoms with Crippen LogP contribution in [-0.2, 0) is 19.9 Å². The van der Waals surface area contributed by atoms with Gasteiger partial charge in [0.2, 0.25) is 10.0 Å². The van der Waals surface area contributed by atoms with Crippen LogP contribution < -0.4 is 4.90 Å². The first-order valence-electron chi connectivity index (χ1n) is 10.1. The second-order valence-electron chi connectivity index (χ2n) is 7.87. The Morgan fingerprint density at radius 3 is 2.16 bits per heavy atom. The van der Waals surface area contributed by atoms with E-state index in [1.807, 2.05) is 19.1 Å². The maximum atomic E-state index is 13.4. The van der Waals surface area contributed by atoms with Gasteiger partial charge in [0.15, 0.2) is 9.84 Å². The van der Waals surface area contributed by atoms with Gasteiger partial charge in [-0.15, -0.1) is 0 Å². The molecular weight excluding hydrogens is 436 g/mol. The van der Waals surface area contributed by atoms with Crippen LogP contribution >= 0.6 is 0 Å². The molecule has 31 heavy (non-hydrogen) atoms. The molecule has 0 N–H and O–H groups in total. The Hall–Kier alpha value is -2.49. The Kier molecular flexibility index (Phi) is 5.76. The smallest absolute Gasteiger partial charge is 0.258 e. The largest absolute Gasteiger partial charge is 0.300 e. The van der Waals surface area contributed by atoms with Crippen molar-refractivity contribution in [3.05, 3.63) is 71.1 Å². The lowest BCUT2D eigenvalue weighted by Gasteiger charge is -2.28. The number of rotatable bonds is 5. The summed E-state index contributed by atoms with van der Waals surface area (Å²) in [6, 6.07) is 12.5. The van der Waals surface area contributed by atoms with Crippen LogP contribution in [0.4, 0.5) is 5.69 Å². The van der Waals surface area contributed by atoms with Crippen molar-refractivity contribution in [1.29, 1.82) is 0 Å². The van der Waals surface area contributed by atoms with E-state index in [-0.39, 0.29) is 16.6 Å². The molecule has 0 bridgehead atoms. The fourth-order valence-corrected chi connectivity index (χ4v) is 6.66. The molecule has 0 aromatic heterocycles. The van der Waals surface area contributed by atoms with Crippen LogP contribution in [0, 0.1) is 6.92 Å². The predicted octanol–water partition coefficient (Wildman–Crippen LogP) is 2.74. The summed E-state index contributed by atoms with van der Waals surface area (Å²) in [5.74, 6) is -0.575. The van der Waals surface area contributed by atoms with Gasteiger partial charge in [-0.3, -0.25) is 4.79 Å². The summed E-state index contributed by atoms with van der Waals surface area (Å²) < 4.78 is 50.9. The predicted molar refractivity (Wildman–Crippen MR) is 119 cm³/mol. The van der Waals surface area contributed by atoms with Gasteiger partial charge in [-0.2, -0.15) is 4.31 Å². The first-order valence-corrected chi connectivity index (χ1v) is 13.2. The molecule has 2 aromatic rings. The molecule has 1 amide bonds. The summed E-state index contributed by atoms with van der Waals surface area (Å²) in [4.78, 5) is 15.0. The van der Waals surface area contributed by atoms with Gasteiger partial charge in [-0.25, -0.2) is 16.8 Å². The standard InChI is InChI=1S/C22H24N2O5S2/c1-17-4-8-19(9-5-17)24(20-12-15-30(26,27)16-20)22(25)18-6-10-21(11-7-18)31(28,29)23-13-2-3-14-23/h4-12,15,20H,2-3,13-14,16H2,1H3/t20-/m1/s1. The fourth-order valence-electron chi connectivity index (χ4n) is 3.87. The van der Waals surface area contributed by atoms with Crippen molar-refractivity contribution >= 4 is 31.5 Å². The van der Waals surface area contributed by atoms with Crippen LogP contribution in [-0.4, -0.2) is 51.9 Å². The van der Waals surface area contributed by atoms with Gasteiger partial charge in [-0.05, 0) is 62.2 Å². The molecule has 9 heteroatoms. The molecule has 2 heterocycles. The number of sulfonamides is 1. The van der Waals surface area contributed by atoms with Crippen molar-refractivity contribution in [1.82, 2.24) is 4.31 Å². The van der Waals surface area contributed by atoms with E-state index in [0.717, 1.165) is 23.8 Å². The van der Waals surface area contributed by atoms with Gasteiger partial charge in [0.25, 0.3) is 5.91 Å². The minimum Gasteiger partial charge on any atom is -0.300 e. The van der Waals surface area contributed by atoms with Gasteiger partial charge in [-0.1, -0.05) is 17.7 Å². The summed E-state index contributed by atoms with van der Waals surface area (Å²) in [6.45, 7) is 2.94. The van der Waals surface area contributed by atoms with Crippen molar-refractivity contribution in [3.8, 4) is 0 Å². The summed E-state index contributed by atoms with van der Waals surface area (Å²) in [7, 11) is -6.94. The van der Waals surface area contributed by atoms with E-state index >= 15 is 0 Å². The van der Waals surface area contributed by atoms with Crippen molar-refractivity contribution in [2.24, 2.45) is 0 Å². The van der Waals surface area contributed by atoms with E-state index in [1.165, 1.54) is 39.5 Å². The van der Waals surface area contributed by atoms with Crippen molar-refractivity contribution in [2.75, 3.05) is 23.7 Å². The highest BCUT2D eigenvalue weighted by Crippen LogP contribution is 2.27. The van der Waals surface area contributed by atoms with Crippen LogP contribution in [0.2, 0.25) is 0 Å². The molecular formula is C22H24N2O5S2. The Bertz CT molecular complexity index is 1210. The third-order valence-electron chi connectivity index (χ3n) is 5.58.